The van der Waals surface area contributed by atoms with Crippen molar-refractivity contribution >= 4 is 23.4 Å². The lowest BCUT2D eigenvalue weighted by atomic mass is 10.2. The Morgan fingerprint density at radius 2 is 1.94 bits per heavy atom. The third kappa shape index (κ3) is 3.29. The molecule has 0 radical (unpaired) electrons. The highest BCUT2D eigenvalue weighted by molar-refractivity contribution is 8.00. The van der Waals surface area contributed by atoms with Gasteiger partial charge < -0.3 is 5.73 Å². The molecule has 0 fully saturated rings. The Morgan fingerprint density at radius 1 is 1.35 bits per heavy atom. The minimum absolute atomic E-state index is 0.0447. The Bertz CT molecular complexity index is 437. The van der Waals surface area contributed by atoms with E-state index in [-0.39, 0.29) is 16.9 Å². The Morgan fingerprint density at radius 3 is 2.41 bits per heavy atom. The molecular weight excluding hydrogens is 240 g/mol. The minimum Gasteiger partial charge on any atom is -0.368 e. The van der Waals surface area contributed by atoms with E-state index in [1.807, 2.05) is 6.92 Å². The molecule has 6 nitrogen and oxygen atoms in total. The summed E-state index contributed by atoms with van der Waals surface area (Å²) in [5.74, 6) is 0.475. The molecule has 0 spiro atoms. The van der Waals surface area contributed by atoms with E-state index in [4.69, 9.17) is 5.73 Å². The van der Waals surface area contributed by atoms with Crippen LogP contribution in [0.25, 0.3) is 0 Å². The van der Waals surface area contributed by atoms with Crippen molar-refractivity contribution in [1.82, 2.24) is 9.97 Å². The highest BCUT2D eigenvalue weighted by atomic mass is 32.2. The first-order valence-corrected chi connectivity index (χ1v) is 6.16. The molecule has 0 amide bonds. The molecule has 1 heterocycles. The van der Waals surface area contributed by atoms with Gasteiger partial charge in [-0.1, -0.05) is 32.5 Å². The van der Waals surface area contributed by atoms with E-state index in [0.29, 0.717) is 16.6 Å². The highest BCUT2D eigenvalue weighted by Crippen LogP contribution is 2.34. The second kappa shape index (κ2) is 5.31. The Kier molecular flexibility index (Phi) is 4.28. The van der Waals surface area contributed by atoms with E-state index < -0.39 is 4.92 Å². The molecule has 7 heteroatoms. The van der Waals surface area contributed by atoms with Crippen LogP contribution in [0.2, 0.25) is 0 Å². The van der Waals surface area contributed by atoms with Crippen molar-refractivity contribution in [2.24, 2.45) is 5.92 Å². The van der Waals surface area contributed by atoms with Crippen LogP contribution in [0.1, 0.15) is 26.5 Å². The van der Waals surface area contributed by atoms with Crippen LogP contribution in [0.15, 0.2) is 5.03 Å². The van der Waals surface area contributed by atoms with E-state index >= 15 is 0 Å². The van der Waals surface area contributed by atoms with Gasteiger partial charge in [0.15, 0.2) is 5.03 Å². The van der Waals surface area contributed by atoms with Crippen molar-refractivity contribution in [1.29, 1.82) is 0 Å². The summed E-state index contributed by atoms with van der Waals surface area (Å²) in [5.41, 5.74) is 5.78. The Balaban J connectivity index is 3.17. The average Bonchev–Trinajstić information content (AvgIpc) is 2.14. The summed E-state index contributed by atoms with van der Waals surface area (Å²) in [6.45, 7) is 7.69. The molecule has 0 aliphatic rings. The van der Waals surface area contributed by atoms with Gasteiger partial charge in [0.25, 0.3) is 0 Å². The van der Waals surface area contributed by atoms with E-state index in [2.05, 4.69) is 23.8 Å². The number of aromatic nitrogens is 2. The molecule has 0 aliphatic carbocycles. The fraction of sp³-hybridized carbons (Fsp3) is 0.600. The number of hydrogen-bond acceptors (Lipinski definition) is 6. The van der Waals surface area contributed by atoms with Gasteiger partial charge in [0.1, 0.15) is 5.69 Å². The van der Waals surface area contributed by atoms with Gasteiger partial charge in [0, 0.05) is 5.25 Å². The Labute approximate surface area is 104 Å². The lowest BCUT2D eigenvalue weighted by Gasteiger charge is -2.14. The first-order valence-electron chi connectivity index (χ1n) is 5.28. The summed E-state index contributed by atoms with van der Waals surface area (Å²) in [6, 6.07) is 0. The van der Waals surface area contributed by atoms with Crippen LogP contribution in [-0.2, 0) is 0 Å². The third-order valence-corrected chi connectivity index (χ3v) is 3.89. The van der Waals surface area contributed by atoms with Crippen molar-refractivity contribution in [2.45, 2.75) is 38.0 Å². The zero-order chi connectivity index (χ0) is 13.2. The van der Waals surface area contributed by atoms with Crippen LogP contribution >= 0.6 is 11.8 Å². The average molecular weight is 256 g/mol. The van der Waals surface area contributed by atoms with Crippen LogP contribution in [0.5, 0.6) is 0 Å². The van der Waals surface area contributed by atoms with E-state index in [1.165, 1.54) is 11.8 Å². The van der Waals surface area contributed by atoms with Crippen molar-refractivity contribution < 1.29 is 4.92 Å². The summed E-state index contributed by atoms with van der Waals surface area (Å²) >= 11 is 1.36. The van der Waals surface area contributed by atoms with E-state index in [9.17, 15) is 10.1 Å². The predicted octanol–water partition coefficient (Wildman–Crippen LogP) is 2.41. The molecule has 0 bridgehead atoms. The number of nitrogens with zero attached hydrogens (tertiary/aromatic N) is 3. The number of nitrogen functional groups attached to an aromatic ring is 1. The van der Waals surface area contributed by atoms with Crippen molar-refractivity contribution in [3.8, 4) is 0 Å². The van der Waals surface area contributed by atoms with Gasteiger partial charge in [0.05, 0.1) is 4.92 Å². The fourth-order valence-corrected chi connectivity index (χ4v) is 2.27. The molecule has 17 heavy (non-hydrogen) atoms. The summed E-state index contributed by atoms with van der Waals surface area (Å²) in [6.07, 6.45) is 0. The quantitative estimate of drug-likeness (QED) is 0.384. The first-order chi connectivity index (χ1) is 7.82. The molecule has 1 unspecified atom stereocenters. The van der Waals surface area contributed by atoms with Gasteiger partial charge in [0.2, 0.25) is 5.95 Å². The molecule has 0 saturated carbocycles. The molecular formula is C10H16N4O2S. The highest BCUT2D eigenvalue weighted by Gasteiger charge is 2.24. The van der Waals surface area contributed by atoms with Gasteiger partial charge in [-0.15, -0.1) is 0 Å². The number of nitrogens with two attached hydrogens (primary N) is 1. The minimum atomic E-state index is -0.454. The van der Waals surface area contributed by atoms with Crippen molar-refractivity contribution in [3.63, 3.8) is 0 Å². The lowest BCUT2D eigenvalue weighted by Crippen LogP contribution is -2.09. The van der Waals surface area contributed by atoms with Crippen LogP contribution in [0.3, 0.4) is 0 Å². The zero-order valence-electron chi connectivity index (χ0n) is 10.3. The number of rotatable bonds is 4. The molecule has 0 aromatic carbocycles. The third-order valence-electron chi connectivity index (χ3n) is 2.46. The maximum atomic E-state index is 11.0. The van der Waals surface area contributed by atoms with Gasteiger partial charge in [-0.25, -0.2) is 4.98 Å². The molecule has 1 rings (SSSR count). The number of hydrogen-bond donors (Lipinski definition) is 1. The van der Waals surface area contributed by atoms with Crippen LogP contribution < -0.4 is 5.73 Å². The number of aryl methyl sites for hydroxylation is 1. The maximum Gasteiger partial charge on any atom is 0.322 e. The second-order valence-electron chi connectivity index (χ2n) is 4.15. The van der Waals surface area contributed by atoms with Crippen LogP contribution in [-0.4, -0.2) is 20.1 Å². The molecule has 1 aromatic heterocycles. The van der Waals surface area contributed by atoms with E-state index in [1.54, 1.807) is 6.92 Å². The first kappa shape index (κ1) is 13.7. The maximum absolute atomic E-state index is 11.0. The van der Waals surface area contributed by atoms with Gasteiger partial charge in [-0.3, -0.25) is 10.1 Å². The standard InChI is InChI=1S/C10H16N4O2S/c1-5(2)7(4)17-9-8(14(15)16)6(3)12-10(11)13-9/h5,7H,1-4H3,(H2,11,12,13). The Hall–Kier alpha value is -1.37. The van der Waals surface area contributed by atoms with Crippen molar-refractivity contribution in [3.05, 3.63) is 15.8 Å². The largest absolute Gasteiger partial charge is 0.368 e. The summed E-state index contributed by atoms with van der Waals surface area (Å²) in [5, 5.41) is 11.5. The fourth-order valence-electron chi connectivity index (χ4n) is 1.17. The normalized spacial score (nSPS) is 12.8. The number of anilines is 1. The molecule has 1 aromatic rings. The smallest absolute Gasteiger partial charge is 0.322 e. The number of nitro groups is 1. The topological polar surface area (TPSA) is 94.9 Å². The van der Waals surface area contributed by atoms with Gasteiger partial charge >= 0.3 is 5.69 Å². The van der Waals surface area contributed by atoms with Crippen molar-refractivity contribution in [2.75, 3.05) is 5.73 Å². The van der Waals surface area contributed by atoms with Crippen LogP contribution in [0.4, 0.5) is 11.6 Å². The zero-order valence-corrected chi connectivity index (χ0v) is 11.1. The molecule has 0 saturated heterocycles. The molecule has 2 N–H and O–H groups in total. The summed E-state index contributed by atoms with van der Waals surface area (Å²) in [7, 11) is 0. The number of thioether (sulfide) groups is 1. The van der Waals surface area contributed by atoms with Gasteiger partial charge in [-0.2, -0.15) is 4.98 Å². The molecule has 94 valence electrons. The second-order valence-corrected chi connectivity index (χ2v) is 5.51. The SMILES string of the molecule is Cc1nc(N)nc(SC(C)C(C)C)c1[N+](=O)[O-]. The molecule has 1 atom stereocenters. The summed E-state index contributed by atoms with van der Waals surface area (Å²) in [4.78, 5) is 18.3. The monoisotopic (exact) mass is 256 g/mol. The summed E-state index contributed by atoms with van der Waals surface area (Å²) < 4.78 is 0. The predicted molar refractivity (Wildman–Crippen MR) is 68.0 cm³/mol. The van der Waals surface area contributed by atoms with Gasteiger partial charge in [-0.05, 0) is 12.8 Å². The molecule has 0 aliphatic heterocycles. The van der Waals surface area contributed by atoms with Crippen LogP contribution in [0, 0.1) is 23.0 Å². The van der Waals surface area contributed by atoms with E-state index in [0.717, 1.165) is 0 Å². The lowest BCUT2D eigenvalue weighted by molar-refractivity contribution is -0.389.